The van der Waals surface area contributed by atoms with Crippen LogP contribution in [-0.4, -0.2) is 22.1 Å². The summed E-state index contributed by atoms with van der Waals surface area (Å²) < 4.78 is 74.1. The normalized spacial score (nSPS) is 12.5. The summed E-state index contributed by atoms with van der Waals surface area (Å²) in [4.78, 5) is 10.5. The number of halogens is 7. The van der Waals surface area contributed by atoms with Gasteiger partial charge in [-0.1, -0.05) is 22.0 Å². The molecule has 0 aliphatic rings. The molecule has 10 heteroatoms. The van der Waals surface area contributed by atoms with E-state index in [4.69, 9.17) is 0 Å². The molecule has 0 saturated carbocycles. The maximum Gasteiger partial charge on any atom is 0.446 e. The van der Waals surface area contributed by atoms with Crippen molar-refractivity contribution in [2.75, 3.05) is 5.33 Å². The summed E-state index contributed by atoms with van der Waals surface area (Å²) in [5.41, 5.74) is -9.19. The summed E-state index contributed by atoms with van der Waals surface area (Å²) in [5, 5.41) is -0.0395. The smallest absolute Gasteiger partial charge is 0.298 e. The first kappa shape index (κ1) is 18.7. The highest BCUT2D eigenvalue weighted by molar-refractivity contribution is 9.09. The Labute approximate surface area is 133 Å². The van der Waals surface area contributed by atoms with Gasteiger partial charge >= 0.3 is 11.0 Å². The molecule has 0 atom stereocenters. The van der Waals surface area contributed by atoms with Gasteiger partial charge in [0.25, 0.3) is 0 Å². The number of Topliss-reactive ketones (excluding diaryl/α,β-unsaturated/α-hetero) is 1. The zero-order chi connectivity index (χ0) is 16.3. The molecule has 0 amide bonds. The van der Waals surface area contributed by atoms with Crippen molar-refractivity contribution in [1.82, 2.24) is 0 Å². The van der Waals surface area contributed by atoms with Crippen molar-refractivity contribution in [2.45, 2.75) is 27.2 Å². The van der Waals surface area contributed by atoms with E-state index < -0.39 is 39.4 Å². The Hall–Kier alpha value is -0.350. The van der Waals surface area contributed by atoms with E-state index in [9.17, 15) is 31.1 Å². The molecule has 0 unspecified atom stereocenters. The Bertz CT molecular complexity index is 514. The molecule has 118 valence electrons. The van der Waals surface area contributed by atoms with Crippen molar-refractivity contribution < 1.29 is 31.1 Å². The number of carbonyl (C=O) groups excluding carboxylic acids is 1. The van der Waals surface area contributed by atoms with E-state index >= 15 is 0 Å². The number of benzene rings is 1. The summed E-state index contributed by atoms with van der Waals surface area (Å²) >= 11 is 1.85. The fourth-order valence-corrected chi connectivity index (χ4v) is 2.92. The minimum atomic E-state index is -4.65. The molecule has 0 aromatic heterocycles. The summed E-state index contributed by atoms with van der Waals surface area (Å²) in [6.07, 6.45) is -0.277. The van der Waals surface area contributed by atoms with Crippen LogP contribution >= 0.6 is 39.5 Å². The van der Waals surface area contributed by atoms with E-state index in [1.165, 1.54) is 0 Å². The lowest BCUT2D eigenvalue weighted by Crippen LogP contribution is -2.07. The highest BCUT2D eigenvalue weighted by atomic mass is 79.9. The SMILES string of the molecule is O=C(CBr)Cc1ccc(SC(F)(F)F)cc1SC(F)(F)F. The molecule has 0 heterocycles. The number of hydrogen-bond donors (Lipinski definition) is 0. The van der Waals surface area contributed by atoms with Crippen LogP contribution in [0.5, 0.6) is 0 Å². The highest BCUT2D eigenvalue weighted by Crippen LogP contribution is 2.43. The van der Waals surface area contributed by atoms with E-state index in [0.29, 0.717) is 0 Å². The topological polar surface area (TPSA) is 17.1 Å². The van der Waals surface area contributed by atoms with Crippen molar-refractivity contribution in [1.29, 1.82) is 0 Å². The molecule has 0 N–H and O–H groups in total. The van der Waals surface area contributed by atoms with Gasteiger partial charge in [-0.2, -0.15) is 26.3 Å². The van der Waals surface area contributed by atoms with Gasteiger partial charge in [0, 0.05) is 16.2 Å². The Morgan fingerprint density at radius 1 is 1.05 bits per heavy atom. The fraction of sp³-hybridized carbons (Fsp3) is 0.364. The first-order valence-electron chi connectivity index (χ1n) is 5.22. The number of ketones is 1. The Balaban J connectivity index is 3.10. The third-order valence-electron chi connectivity index (χ3n) is 2.03. The van der Waals surface area contributed by atoms with E-state index in [1.807, 2.05) is 0 Å². The van der Waals surface area contributed by atoms with Gasteiger partial charge in [-0.25, -0.2) is 0 Å². The Morgan fingerprint density at radius 2 is 1.62 bits per heavy atom. The van der Waals surface area contributed by atoms with Gasteiger partial charge in [-0.15, -0.1) is 0 Å². The molecule has 0 fully saturated rings. The van der Waals surface area contributed by atoms with Crippen molar-refractivity contribution in [3.8, 4) is 0 Å². The number of rotatable bonds is 5. The lowest BCUT2D eigenvalue weighted by atomic mass is 10.1. The van der Waals surface area contributed by atoms with Crippen molar-refractivity contribution in [3.05, 3.63) is 23.8 Å². The monoisotopic (exact) mass is 412 g/mol. The molecule has 21 heavy (non-hydrogen) atoms. The number of alkyl halides is 7. The van der Waals surface area contributed by atoms with Crippen LogP contribution < -0.4 is 0 Å². The number of carbonyl (C=O) groups is 1. The minimum Gasteiger partial charge on any atom is -0.298 e. The third kappa shape index (κ3) is 7.46. The van der Waals surface area contributed by atoms with Crippen LogP contribution in [-0.2, 0) is 11.2 Å². The van der Waals surface area contributed by atoms with Gasteiger partial charge in [0.05, 0.1) is 5.33 Å². The molecular weight excluding hydrogens is 406 g/mol. The molecule has 0 radical (unpaired) electrons. The largest absolute Gasteiger partial charge is 0.446 e. The molecular formula is C11H7BrF6OS2. The van der Waals surface area contributed by atoms with Crippen LogP contribution in [0.3, 0.4) is 0 Å². The van der Waals surface area contributed by atoms with E-state index in [0.717, 1.165) is 18.2 Å². The van der Waals surface area contributed by atoms with Gasteiger partial charge < -0.3 is 0 Å². The molecule has 0 aliphatic carbocycles. The Morgan fingerprint density at radius 3 is 2.10 bits per heavy atom. The maximum absolute atomic E-state index is 12.5. The van der Waals surface area contributed by atoms with Crippen LogP contribution in [0.25, 0.3) is 0 Å². The van der Waals surface area contributed by atoms with Crippen molar-refractivity contribution >= 4 is 45.2 Å². The standard InChI is InChI=1S/C11H7BrF6OS2/c12-5-7(19)3-6-1-2-8(20-10(13,14)15)4-9(6)21-11(16,17)18/h1-2,4H,3,5H2. The maximum atomic E-state index is 12.5. The first-order chi connectivity index (χ1) is 9.50. The van der Waals surface area contributed by atoms with E-state index in [-0.39, 0.29) is 28.0 Å². The second-order valence-electron chi connectivity index (χ2n) is 3.71. The zero-order valence-electron chi connectivity index (χ0n) is 10.0. The van der Waals surface area contributed by atoms with Crippen molar-refractivity contribution in [2.24, 2.45) is 0 Å². The molecule has 1 nitrogen and oxygen atoms in total. The first-order valence-corrected chi connectivity index (χ1v) is 7.97. The third-order valence-corrected chi connectivity index (χ3v) is 4.21. The summed E-state index contributed by atoms with van der Waals surface area (Å²) in [5.74, 6) is -0.366. The minimum absolute atomic E-state index is 0.0395. The summed E-state index contributed by atoms with van der Waals surface area (Å²) in [7, 11) is 0. The number of thioether (sulfide) groups is 2. The van der Waals surface area contributed by atoms with E-state index in [1.54, 1.807) is 0 Å². The van der Waals surface area contributed by atoms with Crippen LogP contribution in [0, 0.1) is 0 Å². The Kier molecular flexibility index (Phi) is 6.48. The quantitative estimate of drug-likeness (QED) is 0.365. The average molecular weight is 413 g/mol. The van der Waals surface area contributed by atoms with Gasteiger partial charge in [0.15, 0.2) is 0 Å². The highest BCUT2D eigenvalue weighted by Gasteiger charge is 2.33. The van der Waals surface area contributed by atoms with Crippen molar-refractivity contribution in [3.63, 3.8) is 0 Å². The molecule has 0 spiro atoms. The van der Waals surface area contributed by atoms with Gasteiger partial charge in [-0.3, -0.25) is 4.79 Å². The molecule has 1 aromatic carbocycles. The summed E-state index contributed by atoms with van der Waals surface area (Å²) in [6.45, 7) is 0. The van der Waals surface area contributed by atoms with Gasteiger partial charge in [0.2, 0.25) is 0 Å². The average Bonchev–Trinajstić information content (AvgIpc) is 2.28. The predicted octanol–water partition coefficient (Wildman–Crippen LogP) is 5.42. The van der Waals surface area contributed by atoms with Crippen LogP contribution in [0.4, 0.5) is 26.3 Å². The molecule has 0 aliphatic heterocycles. The molecule has 1 rings (SSSR count). The molecule has 1 aromatic rings. The second kappa shape index (κ2) is 7.28. The molecule has 0 bridgehead atoms. The second-order valence-corrected chi connectivity index (χ2v) is 6.52. The van der Waals surface area contributed by atoms with Gasteiger partial charge in [0.1, 0.15) is 5.78 Å². The van der Waals surface area contributed by atoms with Crippen LogP contribution in [0.1, 0.15) is 5.56 Å². The summed E-state index contributed by atoms with van der Waals surface area (Å²) in [6, 6.07) is 2.96. The van der Waals surface area contributed by atoms with Crippen LogP contribution in [0.2, 0.25) is 0 Å². The predicted molar refractivity (Wildman–Crippen MR) is 72.8 cm³/mol. The van der Waals surface area contributed by atoms with Crippen LogP contribution in [0.15, 0.2) is 28.0 Å². The molecule has 0 saturated heterocycles. The fourth-order valence-electron chi connectivity index (χ4n) is 1.36. The zero-order valence-corrected chi connectivity index (χ0v) is 13.2. The van der Waals surface area contributed by atoms with E-state index in [2.05, 4.69) is 15.9 Å². The lowest BCUT2D eigenvalue weighted by Gasteiger charge is -2.13. The van der Waals surface area contributed by atoms with Gasteiger partial charge in [-0.05, 0) is 41.2 Å². The number of hydrogen-bond acceptors (Lipinski definition) is 3. The lowest BCUT2D eigenvalue weighted by molar-refractivity contribution is -0.115.